The Morgan fingerprint density at radius 2 is 2.12 bits per heavy atom. The zero-order valence-electron chi connectivity index (χ0n) is 10.5. The van der Waals surface area contributed by atoms with E-state index in [1.165, 1.54) is 0 Å². The lowest BCUT2D eigenvalue weighted by Gasteiger charge is -2.38. The molecule has 0 atom stereocenters. The normalized spacial score (nSPS) is 16.7. The number of benzene rings is 1. The van der Waals surface area contributed by atoms with Gasteiger partial charge in [-0.15, -0.1) is 0 Å². The van der Waals surface area contributed by atoms with E-state index in [2.05, 4.69) is 35.1 Å². The van der Waals surface area contributed by atoms with Crippen LogP contribution in [0.3, 0.4) is 0 Å². The molecule has 0 aromatic heterocycles. The van der Waals surface area contributed by atoms with E-state index in [-0.39, 0.29) is 5.60 Å². The molecule has 0 unspecified atom stereocenters. The molecule has 2 rings (SSSR count). The Hall–Kier alpha value is -0.900. The molecule has 0 saturated heterocycles. The molecule has 1 aromatic rings. The highest BCUT2D eigenvalue weighted by Crippen LogP contribution is 2.43. The number of hydrogen-bond acceptors (Lipinski definition) is 3. The average molecular weight is 300 g/mol. The number of hydrogen-bond donors (Lipinski definition) is 1. The SMILES string of the molecule is CCC1(CC)CNc2cc(OC)cc(Br)c2O1. The molecule has 0 radical (unpaired) electrons. The van der Waals surface area contributed by atoms with E-state index in [4.69, 9.17) is 9.47 Å². The van der Waals surface area contributed by atoms with Crippen molar-refractivity contribution in [1.29, 1.82) is 0 Å². The van der Waals surface area contributed by atoms with Crippen LogP contribution in [0.25, 0.3) is 0 Å². The summed E-state index contributed by atoms with van der Waals surface area (Å²) < 4.78 is 12.4. The topological polar surface area (TPSA) is 30.5 Å². The maximum atomic E-state index is 6.18. The summed E-state index contributed by atoms with van der Waals surface area (Å²) >= 11 is 3.54. The number of nitrogens with one attached hydrogen (secondary N) is 1. The number of halogens is 1. The third-order valence-corrected chi connectivity index (χ3v) is 4.05. The van der Waals surface area contributed by atoms with Crippen LogP contribution in [0, 0.1) is 0 Å². The van der Waals surface area contributed by atoms with Crippen molar-refractivity contribution >= 4 is 21.6 Å². The van der Waals surface area contributed by atoms with E-state index in [1.54, 1.807) is 7.11 Å². The van der Waals surface area contributed by atoms with Gasteiger partial charge in [-0.3, -0.25) is 0 Å². The molecule has 94 valence electrons. The average Bonchev–Trinajstić information content (AvgIpc) is 2.38. The van der Waals surface area contributed by atoms with Crippen LogP contribution in [-0.2, 0) is 0 Å². The second kappa shape index (κ2) is 4.77. The monoisotopic (exact) mass is 299 g/mol. The summed E-state index contributed by atoms with van der Waals surface area (Å²) in [5, 5.41) is 3.44. The van der Waals surface area contributed by atoms with Crippen LogP contribution in [-0.4, -0.2) is 19.3 Å². The lowest BCUT2D eigenvalue weighted by atomic mass is 9.95. The molecule has 1 N–H and O–H groups in total. The number of ether oxygens (including phenoxy) is 2. The fourth-order valence-electron chi connectivity index (χ4n) is 2.07. The van der Waals surface area contributed by atoms with Crippen molar-refractivity contribution in [2.75, 3.05) is 19.0 Å². The molecule has 1 aliphatic heterocycles. The van der Waals surface area contributed by atoms with E-state index in [1.807, 2.05) is 12.1 Å². The van der Waals surface area contributed by atoms with Gasteiger partial charge in [0.15, 0.2) is 5.75 Å². The van der Waals surface area contributed by atoms with Crippen molar-refractivity contribution in [2.45, 2.75) is 32.3 Å². The van der Waals surface area contributed by atoms with Crippen molar-refractivity contribution in [1.82, 2.24) is 0 Å². The van der Waals surface area contributed by atoms with Crippen LogP contribution >= 0.6 is 15.9 Å². The first-order chi connectivity index (χ1) is 8.14. The van der Waals surface area contributed by atoms with Crippen molar-refractivity contribution in [3.8, 4) is 11.5 Å². The highest BCUT2D eigenvalue weighted by atomic mass is 79.9. The summed E-state index contributed by atoms with van der Waals surface area (Å²) in [5.41, 5.74) is 0.901. The molecule has 4 heteroatoms. The van der Waals surface area contributed by atoms with Crippen LogP contribution < -0.4 is 14.8 Å². The molecule has 3 nitrogen and oxygen atoms in total. The Kier molecular flexibility index (Phi) is 3.52. The predicted octanol–water partition coefficient (Wildman–Crippen LogP) is 3.82. The second-order valence-electron chi connectivity index (χ2n) is 4.33. The molecule has 0 amide bonds. The molecule has 0 aliphatic carbocycles. The van der Waals surface area contributed by atoms with Gasteiger partial charge in [-0.1, -0.05) is 13.8 Å². The number of fused-ring (bicyclic) bond motifs is 1. The summed E-state index contributed by atoms with van der Waals surface area (Å²) in [6, 6.07) is 3.90. The molecule has 0 spiro atoms. The van der Waals surface area contributed by atoms with E-state index < -0.39 is 0 Å². The summed E-state index contributed by atoms with van der Waals surface area (Å²) in [4.78, 5) is 0. The standard InChI is InChI=1S/C13H18BrNO2/c1-4-13(5-2)8-15-11-7-9(16-3)6-10(14)12(11)17-13/h6-7,15H,4-5,8H2,1-3H3. The van der Waals surface area contributed by atoms with Crippen LogP contribution in [0.2, 0.25) is 0 Å². The van der Waals surface area contributed by atoms with Gasteiger partial charge in [0, 0.05) is 6.07 Å². The minimum Gasteiger partial charge on any atom is -0.497 e. The van der Waals surface area contributed by atoms with Crippen molar-refractivity contribution < 1.29 is 9.47 Å². The summed E-state index contributed by atoms with van der Waals surface area (Å²) in [7, 11) is 1.67. The Bertz CT molecular complexity index is 416. The Morgan fingerprint density at radius 1 is 1.41 bits per heavy atom. The molecule has 1 aliphatic rings. The van der Waals surface area contributed by atoms with Gasteiger partial charge in [0.05, 0.1) is 23.8 Å². The highest BCUT2D eigenvalue weighted by molar-refractivity contribution is 9.10. The van der Waals surface area contributed by atoms with Gasteiger partial charge in [0.2, 0.25) is 0 Å². The quantitative estimate of drug-likeness (QED) is 0.920. The summed E-state index contributed by atoms with van der Waals surface area (Å²) in [6.45, 7) is 5.16. The molecule has 17 heavy (non-hydrogen) atoms. The zero-order valence-corrected chi connectivity index (χ0v) is 12.1. The summed E-state index contributed by atoms with van der Waals surface area (Å²) in [6.07, 6.45) is 1.99. The third-order valence-electron chi connectivity index (χ3n) is 3.46. The molecule has 1 aromatic carbocycles. The van der Waals surface area contributed by atoms with Crippen molar-refractivity contribution in [3.05, 3.63) is 16.6 Å². The Labute approximate surface area is 111 Å². The fraction of sp³-hybridized carbons (Fsp3) is 0.538. The molecule has 0 saturated carbocycles. The number of anilines is 1. The molecule has 0 fully saturated rings. The first-order valence-electron chi connectivity index (χ1n) is 5.94. The smallest absolute Gasteiger partial charge is 0.157 e. The first kappa shape index (κ1) is 12.6. The maximum absolute atomic E-state index is 6.18. The maximum Gasteiger partial charge on any atom is 0.157 e. The third kappa shape index (κ3) is 2.23. The van der Waals surface area contributed by atoms with Crippen molar-refractivity contribution in [3.63, 3.8) is 0 Å². The van der Waals surface area contributed by atoms with E-state index in [9.17, 15) is 0 Å². The minimum atomic E-state index is -0.0931. The van der Waals surface area contributed by atoms with Crippen LogP contribution in [0.5, 0.6) is 11.5 Å². The Balaban J connectivity index is 2.38. The van der Waals surface area contributed by atoms with E-state index >= 15 is 0 Å². The Morgan fingerprint density at radius 3 is 2.71 bits per heavy atom. The van der Waals surface area contributed by atoms with Crippen LogP contribution in [0.15, 0.2) is 16.6 Å². The molecular weight excluding hydrogens is 282 g/mol. The largest absolute Gasteiger partial charge is 0.497 e. The molecule has 0 bridgehead atoms. The second-order valence-corrected chi connectivity index (χ2v) is 5.19. The van der Waals surface area contributed by atoms with Crippen LogP contribution in [0.4, 0.5) is 5.69 Å². The number of methoxy groups -OCH3 is 1. The lowest BCUT2D eigenvalue weighted by molar-refractivity contribution is 0.0660. The van der Waals surface area contributed by atoms with Gasteiger partial charge >= 0.3 is 0 Å². The van der Waals surface area contributed by atoms with Crippen molar-refractivity contribution in [2.24, 2.45) is 0 Å². The first-order valence-corrected chi connectivity index (χ1v) is 6.74. The van der Waals surface area contributed by atoms with Gasteiger partial charge in [-0.2, -0.15) is 0 Å². The van der Waals surface area contributed by atoms with Gasteiger partial charge < -0.3 is 14.8 Å². The predicted molar refractivity (Wildman–Crippen MR) is 73.1 cm³/mol. The molecule has 1 heterocycles. The zero-order chi connectivity index (χ0) is 12.5. The van der Waals surface area contributed by atoms with E-state index in [0.717, 1.165) is 41.0 Å². The van der Waals surface area contributed by atoms with Gasteiger partial charge in [0.1, 0.15) is 11.4 Å². The summed E-state index contributed by atoms with van der Waals surface area (Å²) in [5.74, 6) is 1.72. The van der Waals surface area contributed by atoms with Gasteiger partial charge in [-0.05, 0) is 34.8 Å². The highest BCUT2D eigenvalue weighted by Gasteiger charge is 2.34. The molecular formula is C13H18BrNO2. The minimum absolute atomic E-state index is 0.0931. The van der Waals surface area contributed by atoms with Gasteiger partial charge in [0.25, 0.3) is 0 Å². The fourth-order valence-corrected chi connectivity index (χ4v) is 2.59. The van der Waals surface area contributed by atoms with Crippen LogP contribution in [0.1, 0.15) is 26.7 Å². The van der Waals surface area contributed by atoms with E-state index in [0.29, 0.717) is 0 Å². The lowest BCUT2D eigenvalue weighted by Crippen LogP contribution is -2.44. The number of rotatable bonds is 3. The van der Waals surface area contributed by atoms with Gasteiger partial charge in [-0.25, -0.2) is 0 Å².